The molecule has 1 aliphatic carbocycles. The lowest BCUT2D eigenvalue weighted by Crippen LogP contribution is -2.15. The summed E-state index contributed by atoms with van der Waals surface area (Å²) in [7, 11) is 0. The molecule has 0 atom stereocenters. The molecule has 0 amide bonds. The summed E-state index contributed by atoms with van der Waals surface area (Å²) in [6.45, 7) is 4.80. The Morgan fingerprint density at radius 3 is 2.65 bits per heavy atom. The SMILES string of the molecule is CCOCc1cc(NC2CCCC2)c2[nH]c(-c3ccccc3)c(/C=C(\C)C(=O)O)c2c1. The van der Waals surface area contributed by atoms with Gasteiger partial charge in [0.05, 0.1) is 23.5 Å². The first-order valence-electron chi connectivity index (χ1n) is 11.1. The van der Waals surface area contributed by atoms with Crippen LogP contribution < -0.4 is 5.32 Å². The van der Waals surface area contributed by atoms with Gasteiger partial charge in [-0.25, -0.2) is 4.79 Å². The van der Waals surface area contributed by atoms with Gasteiger partial charge in [-0.15, -0.1) is 0 Å². The molecule has 1 aromatic heterocycles. The fourth-order valence-corrected chi connectivity index (χ4v) is 4.34. The van der Waals surface area contributed by atoms with Crippen molar-refractivity contribution < 1.29 is 14.6 Å². The number of fused-ring (bicyclic) bond motifs is 1. The van der Waals surface area contributed by atoms with Gasteiger partial charge in [-0.05, 0) is 56.0 Å². The number of carboxylic acid groups (broad SMARTS) is 1. The summed E-state index contributed by atoms with van der Waals surface area (Å²) in [6, 6.07) is 14.8. The molecule has 3 aromatic rings. The summed E-state index contributed by atoms with van der Waals surface area (Å²) in [5.41, 5.74) is 6.31. The van der Waals surface area contributed by atoms with Crippen LogP contribution in [0.3, 0.4) is 0 Å². The Bertz CT molecular complexity index is 1090. The van der Waals surface area contributed by atoms with Crippen molar-refractivity contribution >= 4 is 28.6 Å². The number of H-pyrrole nitrogens is 1. The normalized spacial score (nSPS) is 15.0. The lowest BCUT2D eigenvalue weighted by Gasteiger charge is -2.16. The van der Waals surface area contributed by atoms with Gasteiger partial charge in [0.1, 0.15) is 0 Å². The zero-order valence-corrected chi connectivity index (χ0v) is 18.2. The molecular weight excluding hydrogens is 388 g/mol. The largest absolute Gasteiger partial charge is 0.478 e. The number of rotatable bonds is 8. The lowest BCUT2D eigenvalue weighted by molar-refractivity contribution is -0.132. The fourth-order valence-electron chi connectivity index (χ4n) is 4.34. The van der Waals surface area contributed by atoms with Crippen molar-refractivity contribution in [1.82, 2.24) is 4.98 Å². The zero-order chi connectivity index (χ0) is 21.8. The molecule has 0 spiro atoms. The summed E-state index contributed by atoms with van der Waals surface area (Å²) < 4.78 is 5.70. The number of aromatic amines is 1. The van der Waals surface area contributed by atoms with E-state index in [1.54, 1.807) is 13.0 Å². The average Bonchev–Trinajstić information content (AvgIpc) is 3.41. The molecule has 0 radical (unpaired) electrons. The number of carboxylic acids is 1. The third-order valence-corrected chi connectivity index (χ3v) is 5.96. The Morgan fingerprint density at radius 2 is 1.97 bits per heavy atom. The predicted octanol–water partition coefficient (Wildman–Crippen LogP) is 6.21. The molecule has 4 rings (SSSR count). The van der Waals surface area contributed by atoms with E-state index in [1.807, 2.05) is 37.3 Å². The quantitative estimate of drug-likeness (QED) is 0.380. The number of anilines is 1. The van der Waals surface area contributed by atoms with E-state index in [4.69, 9.17) is 4.74 Å². The van der Waals surface area contributed by atoms with Crippen molar-refractivity contribution in [1.29, 1.82) is 0 Å². The summed E-state index contributed by atoms with van der Waals surface area (Å²) in [5.74, 6) is -0.914. The van der Waals surface area contributed by atoms with Crippen LogP contribution in [-0.2, 0) is 16.1 Å². The Morgan fingerprint density at radius 1 is 1.23 bits per heavy atom. The van der Waals surface area contributed by atoms with E-state index < -0.39 is 5.97 Å². The van der Waals surface area contributed by atoms with Crippen LogP contribution in [0.5, 0.6) is 0 Å². The van der Waals surface area contributed by atoms with Gasteiger partial charge in [-0.2, -0.15) is 0 Å². The standard InChI is InChI=1S/C26H30N2O3/c1-3-31-16-18-14-22-21(13-17(2)26(29)30)24(19-9-5-4-6-10-19)28-25(22)23(15-18)27-20-11-7-8-12-20/h4-6,9-10,13-15,20,27-28H,3,7-8,11-12,16H2,1-2H3,(H,29,30)/b17-13+. The predicted molar refractivity (Wildman–Crippen MR) is 126 cm³/mol. The van der Waals surface area contributed by atoms with E-state index in [2.05, 4.69) is 22.4 Å². The van der Waals surface area contributed by atoms with Crippen molar-refractivity contribution in [3.8, 4) is 11.3 Å². The Kier molecular flexibility index (Phi) is 6.42. The van der Waals surface area contributed by atoms with Crippen LogP contribution in [0.15, 0.2) is 48.0 Å². The van der Waals surface area contributed by atoms with E-state index >= 15 is 0 Å². The Hall–Kier alpha value is -3.05. The fraction of sp³-hybridized carbons (Fsp3) is 0.346. The molecule has 3 N–H and O–H groups in total. The first-order valence-corrected chi connectivity index (χ1v) is 11.1. The number of aromatic nitrogens is 1. The van der Waals surface area contributed by atoms with E-state index in [9.17, 15) is 9.90 Å². The third kappa shape index (κ3) is 4.67. The minimum absolute atomic E-state index is 0.304. The minimum Gasteiger partial charge on any atom is -0.478 e. The van der Waals surface area contributed by atoms with E-state index in [1.165, 1.54) is 25.7 Å². The molecule has 0 unspecified atom stereocenters. The monoisotopic (exact) mass is 418 g/mol. The molecule has 31 heavy (non-hydrogen) atoms. The zero-order valence-electron chi connectivity index (χ0n) is 18.2. The maximum atomic E-state index is 11.6. The minimum atomic E-state index is -0.914. The number of aliphatic carboxylic acids is 1. The third-order valence-electron chi connectivity index (χ3n) is 5.96. The molecule has 0 aliphatic heterocycles. The Balaban J connectivity index is 1.93. The van der Waals surface area contributed by atoms with Gasteiger partial charge in [0.25, 0.3) is 0 Å². The highest BCUT2D eigenvalue weighted by molar-refractivity contribution is 6.05. The van der Waals surface area contributed by atoms with Crippen LogP contribution in [0.4, 0.5) is 5.69 Å². The Labute approximate surface area is 183 Å². The van der Waals surface area contributed by atoms with Crippen LogP contribution in [-0.4, -0.2) is 28.7 Å². The van der Waals surface area contributed by atoms with Crippen molar-refractivity contribution in [2.24, 2.45) is 0 Å². The number of benzene rings is 2. The molecule has 1 fully saturated rings. The second kappa shape index (κ2) is 9.40. The topological polar surface area (TPSA) is 74.3 Å². The van der Waals surface area contributed by atoms with Crippen molar-refractivity contribution in [2.45, 2.75) is 52.2 Å². The number of hydrogen-bond donors (Lipinski definition) is 3. The highest BCUT2D eigenvalue weighted by Gasteiger charge is 2.20. The van der Waals surface area contributed by atoms with Crippen LogP contribution in [0.1, 0.15) is 50.7 Å². The molecule has 2 aromatic carbocycles. The van der Waals surface area contributed by atoms with E-state index in [0.29, 0.717) is 24.8 Å². The van der Waals surface area contributed by atoms with Crippen LogP contribution in [0.25, 0.3) is 28.2 Å². The van der Waals surface area contributed by atoms with Crippen molar-refractivity contribution in [3.63, 3.8) is 0 Å². The highest BCUT2D eigenvalue weighted by Crippen LogP contribution is 2.37. The molecule has 5 nitrogen and oxygen atoms in total. The first-order chi connectivity index (χ1) is 15.1. The second-order valence-electron chi connectivity index (χ2n) is 8.24. The molecule has 1 aliphatic rings. The number of hydrogen-bond acceptors (Lipinski definition) is 3. The summed E-state index contributed by atoms with van der Waals surface area (Å²) >= 11 is 0. The van der Waals surface area contributed by atoms with Crippen LogP contribution in [0, 0.1) is 0 Å². The van der Waals surface area contributed by atoms with Gasteiger partial charge in [-0.1, -0.05) is 43.2 Å². The highest BCUT2D eigenvalue weighted by atomic mass is 16.5. The molecule has 5 heteroatoms. The van der Waals surface area contributed by atoms with Crippen molar-refractivity contribution in [2.75, 3.05) is 11.9 Å². The average molecular weight is 419 g/mol. The van der Waals surface area contributed by atoms with E-state index in [0.717, 1.165) is 39.0 Å². The number of ether oxygens (including phenoxy) is 1. The summed E-state index contributed by atoms with van der Waals surface area (Å²) in [6.07, 6.45) is 6.63. The van der Waals surface area contributed by atoms with Gasteiger partial charge in [-0.3, -0.25) is 0 Å². The molecular formula is C26H30N2O3. The molecule has 0 saturated heterocycles. The second-order valence-corrected chi connectivity index (χ2v) is 8.24. The van der Waals surface area contributed by atoms with Gasteiger partial charge < -0.3 is 20.1 Å². The molecule has 1 heterocycles. The smallest absolute Gasteiger partial charge is 0.331 e. The van der Waals surface area contributed by atoms with Gasteiger partial charge in [0.2, 0.25) is 0 Å². The molecule has 162 valence electrons. The van der Waals surface area contributed by atoms with Gasteiger partial charge >= 0.3 is 5.97 Å². The summed E-state index contributed by atoms with van der Waals surface area (Å²) in [5, 5.41) is 14.3. The lowest BCUT2D eigenvalue weighted by atomic mass is 10.0. The van der Waals surface area contributed by atoms with Crippen LogP contribution in [0.2, 0.25) is 0 Å². The maximum absolute atomic E-state index is 11.6. The first kappa shape index (κ1) is 21.2. The van der Waals surface area contributed by atoms with Crippen molar-refractivity contribution in [3.05, 3.63) is 59.2 Å². The number of nitrogens with one attached hydrogen (secondary N) is 2. The number of carbonyl (C=O) groups is 1. The van der Waals surface area contributed by atoms with Gasteiger partial charge in [0, 0.05) is 29.2 Å². The van der Waals surface area contributed by atoms with Gasteiger partial charge in [0.15, 0.2) is 0 Å². The summed E-state index contributed by atoms with van der Waals surface area (Å²) in [4.78, 5) is 15.2. The maximum Gasteiger partial charge on any atom is 0.331 e. The molecule has 0 bridgehead atoms. The van der Waals surface area contributed by atoms with E-state index in [-0.39, 0.29) is 0 Å². The van der Waals surface area contributed by atoms with Crippen LogP contribution >= 0.6 is 0 Å². The molecule has 1 saturated carbocycles.